The molecule has 5 nitrogen and oxygen atoms in total. The number of aromatic nitrogens is 4. The van der Waals surface area contributed by atoms with Crippen LogP contribution in [-0.4, -0.2) is 19.6 Å². The molecule has 2 aromatic heterocycles. The Labute approximate surface area is 175 Å². The van der Waals surface area contributed by atoms with Crippen LogP contribution in [0.15, 0.2) is 59.5 Å². The highest BCUT2D eigenvalue weighted by Gasteiger charge is 2.31. The number of aryl methyl sites for hydroxylation is 1. The monoisotopic (exact) mass is 424 g/mol. The Kier molecular flexibility index (Phi) is 4.46. The van der Waals surface area contributed by atoms with Gasteiger partial charge in [-0.25, -0.2) is 9.36 Å². The topological polar surface area (TPSA) is 52.7 Å². The maximum Gasteiger partial charge on any atom is 0.416 e. The second-order valence-corrected chi connectivity index (χ2v) is 7.92. The second kappa shape index (κ2) is 7.08. The Balaban J connectivity index is 1.64. The Morgan fingerprint density at radius 2 is 1.77 bits per heavy atom. The van der Waals surface area contributed by atoms with Crippen LogP contribution in [0.2, 0.25) is 0 Å². The van der Waals surface area contributed by atoms with Gasteiger partial charge < -0.3 is 0 Å². The van der Waals surface area contributed by atoms with Crippen LogP contribution in [0, 0.1) is 6.92 Å². The fourth-order valence-corrected chi connectivity index (χ4v) is 3.81. The number of para-hydroxylation sites is 1. The first-order valence-corrected chi connectivity index (χ1v) is 10.0. The SMILES string of the molecule is Cc1ccccc1-n1ncc2c(C3CC3)nn(Cc3ccc(C(F)(F)F)cc3)c(=O)c21. The van der Waals surface area contributed by atoms with Gasteiger partial charge in [0.15, 0.2) is 0 Å². The van der Waals surface area contributed by atoms with E-state index in [2.05, 4.69) is 10.2 Å². The van der Waals surface area contributed by atoms with Crippen molar-refractivity contribution >= 4 is 10.9 Å². The summed E-state index contributed by atoms with van der Waals surface area (Å²) in [6.45, 7) is 2.04. The van der Waals surface area contributed by atoms with Gasteiger partial charge in [-0.15, -0.1) is 0 Å². The molecular weight excluding hydrogens is 405 g/mol. The van der Waals surface area contributed by atoms with Crippen molar-refractivity contribution in [2.45, 2.75) is 38.4 Å². The number of hydrogen-bond acceptors (Lipinski definition) is 3. The number of benzene rings is 2. The molecule has 4 aromatic rings. The lowest BCUT2D eigenvalue weighted by Crippen LogP contribution is -2.26. The molecule has 31 heavy (non-hydrogen) atoms. The van der Waals surface area contributed by atoms with Crippen molar-refractivity contribution in [3.8, 4) is 5.69 Å². The van der Waals surface area contributed by atoms with Gasteiger partial charge in [0.1, 0.15) is 5.52 Å². The predicted octanol–water partition coefficient (Wildman–Crippen LogP) is 4.84. The van der Waals surface area contributed by atoms with Gasteiger partial charge in [-0.2, -0.15) is 23.4 Å². The molecule has 1 fully saturated rings. The van der Waals surface area contributed by atoms with Gasteiger partial charge in [0.05, 0.1) is 29.7 Å². The fraction of sp³-hybridized carbons (Fsp3) is 0.261. The largest absolute Gasteiger partial charge is 0.416 e. The molecule has 0 bridgehead atoms. The van der Waals surface area contributed by atoms with Crippen LogP contribution < -0.4 is 5.56 Å². The third-order valence-electron chi connectivity index (χ3n) is 5.63. The van der Waals surface area contributed by atoms with Crippen LogP contribution in [0.25, 0.3) is 16.6 Å². The summed E-state index contributed by atoms with van der Waals surface area (Å²) in [7, 11) is 0. The highest BCUT2D eigenvalue weighted by molar-refractivity contribution is 5.82. The van der Waals surface area contributed by atoms with Crippen LogP contribution in [-0.2, 0) is 12.7 Å². The molecule has 1 aliphatic rings. The van der Waals surface area contributed by atoms with Crippen molar-refractivity contribution < 1.29 is 13.2 Å². The number of hydrogen-bond donors (Lipinski definition) is 0. The summed E-state index contributed by atoms with van der Waals surface area (Å²) in [5.41, 5.74) is 2.59. The molecule has 0 unspecified atom stereocenters. The zero-order valence-electron chi connectivity index (χ0n) is 16.7. The summed E-state index contributed by atoms with van der Waals surface area (Å²) in [6, 6.07) is 12.5. The Morgan fingerprint density at radius 1 is 1.06 bits per heavy atom. The maximum atomic E-state index is 13.4. The van der Waals surface area contributed by atoms with E-state index in [4.69, 9.17) is 0 Å². The van der Waals surface area contributed by atoms with Crippen molar-refractivity contribution in [1.82, 2.24) is 19.6 Å². The third kappa shape index (κ3) is 3.52. The van der Waals surface area contributed by atoms with Gasteiger partial charge in [0.2, 0.25) is 0 Å². The predicted molar refractivity (Wildman–Crippen MR) is 110 cm³/mol. The number of fused-ring (bicyclic) bond motifs is 1. The first-order chi connectivity index (χ1) is 14.8. The quantitative estimate of drug-likeness (QED) is 0.471. The normalized spacial score (nSPS) is 14.3. The Morgan fingerprint density at radius 3 is 2.42 bits per heavy atom. The van der Waals surface area contributed by atoms with Crippen LogP contribution in [0.4, 0.5) is 13.2 Å². The van der Waals surface area contributed by atoms with Crippen LogP contribution in [0.1, 0.15) is 41.1 Å². The lowest BCUT2D eigenvalue weighted by molar-refractivity contribution is -0.137. The molecule has 2 aromatic carbocycles. The first kappa shape index (κ1) is 19.5. The fourth-order valence-electron chi connectivity index (χ4n) is 3.81. The van der Waals surface area contributed by atoms with E-state index < -0.39 is 11.7 Å². The number of rotatable bonds is 4. The van der Waals surface area contributed by atoms with E-state index in [9.17, 15) is 18.0 Å². The zero-order valence-corrected chi connectivity index (χ0v) is 16.7. The minimum Gasteiger partial charge on any atom is -0.265 e. The number of nitrogens with zero attached hydrogens (tertiary/aromatic N) is 4. The van der Waals surface area contributed by atoms with Gasteiger partial charge in [-0.05, 0) is 49.1 Å². The molecule has 8 heteroatoms. The lowest BCUT2D eigenvalue weighted by Gasteiger charge is -2.12. The molecule has 0 amide bonds. The summed E-state index contributed by atoms with van der Waals surface area (Å²) in [6.07, 6.45) is -0.718. The molecule has 0 radical (unpaired) electrons. The molecule has 2 heterocycles. The Hall–Kier alpha value is -3.42. The van der Waals surface area contributed by atoms with E-state index in [1.807, 2.05) is 31.2 Å². The molecular formula is C23H19F3N4O. The van der Waals surface area contributed by atoms with E-state index >= 15 is 0 Å². The van der Waals surface area contributed by atoms with E-state index in [0.717, 1.165) is 47.3 Å². The third-order valence-corrected chi connectivity index (χ3v) is 5.63. The minimum absolute atomic E-state index is 0.0889. The van der Waals surface area contributed by atoms with Gasteiger partial charge in [0.25, 0.3) is 5.56 Å². The van der Waals surface area contributed by atoms with Gasteiger partial charge in [-0.1, -0.05) is 30.3 Å². The van der Waals surface area contributed by atoms with Crippen molar-refractivity contribution in [3.63, 3.8) is 0 Å². The zero-order chi connectivity index (χ0) is 21.8. The van der Waals surface area contributed by atoms with Gasteiger partial charge in [0, 0.05) is 11.3 Å². The summed E-state index contributed by atoms with van der Waals surface area (Å²) in [5.74, 6) is 0.275. The van der Waals surface area contributed by atoms with Crippen LogP contribution in [0.5, 0.6) is 0 Å². The highest BCUT2D eigenvalue weighted by Crippen LogP contribution is 2.41. The van der Waals surface area contributed by atoms with Crippen LogP contribution >= 0.6 is 0 Å². The molecule has 5 rings (SSSR count). The molecule has 1 aliphatic carbocycles. The van der Waals surface area contributed by atoms with E-state index in [-0.39, 0.29) is 18.0 Å². The van der Waals surface area contributed by atoms with Crippen LogP contribution in [0.3, 0.4) is 0 Å². The summed E-state index contributed by atoms with van der Waals surface area (Å²) >= 11 is 0. The maximum absolute atomic E-state index is 13.4. The van der Waals surface area contributed by atoms with Crippen molar-refractivity contribution in [1.29, 1.82) is 0 Å². The van der Waals surface area contributed by atoms with Crippen molar-refractivity contribution in [2.24, 2.45) is 0 Å². The highest BCUT2D eigenvalue weighted by atomic mass is 19.4. The summed E-state index contributed by atoms with van der Waals surface area (Å²) in [5, 5.41) is 9.81. The molecule has 0 N–H and O–H groups in total. The second-order valence-electron chi connectivity index (χ2n) is 7.92. The first-order valence-electron chi connectivity index (χ1n) is 10.0. The molecule has 1 saturated carbocycles. The smallest absolute Gasteiger partial charge is 0.265 e. The lowest BCUT2D eigenvalue weighted by atomic mass is 10.1. The molecule has 0 spiro atoms. The molecule has 158 valence electrons. The van der Waals surface area contributed by atoms with E-state index in [0.29, 0.717) is 11.1 Å². The van der Waals surface area contributed by atoms with E-state index in [1.54, 1.807) is 10.9 Å². The number of alkyl halides is 3. The minimum atomic E-state index is -4.40. The van der Waals surface area contributed by atoms with Crippen molar-refractivity contribution in [2.75, 3.05) is 0 Å². The number of halogens is 3. The average molecular weight is 424 g/mol. The summed E-state index contributed by atoms with van der Waals surface area (Å²) in [4.78, 5) is 13.4. The average Bonchev–Trinajstić information content (AvgIpc) is 3.48. The Bertz CT molecular complexity index is 1330. The summed E-state index contributed by atoms with van der Waals surface area (Å²) < 4.78 is 41.6. The molecule has 0 atom stereocenters. The molecule has 0 saturated heterocycles. The standard InChI is InChI=1S/C23H19F3N4O/c1-14-4-2-3-5-19(14)30-21-18(12-27-30)20(16-8-9-16)28-29(22(21)31)13-15-6-10-17(11-7-15)23(24,25)26/h2-7,10-12,16H,8-9,13H2,1H3. The molecule has 0 aliphatic heterocycles. The van der Waals surface area contributed by atoms with Crippen molar-refractivity contribution in [3.05, 3.63) is 87.5 Å². The van der Waals surface area contributed by atoms with Gasteiger partial charge >= 0.3 is 6.18 Å². The van der Waals surface area contributed by atoms with E-state index in [1.165, 1.54) is 16.8 Å². The van der Waals surface area contributed by atoms with Gasteiger partial charge in [-0.3, -0.25) is 4.79 Å².